The number of para-hydroxylation sites is 2. The minimum absolute atomic E-state index is 1.03. The summed E-state index contributed by atoms with van der Waals surface area (Å²) < 4.78 is 6.10. The van der Waals surface area contributed by atoms with E-state index in [1.165, 1.54) is 70.5 Å². The quantitative estimate of drug-likeness (QED) is 0.225. The van der Waals surface area contributed by atoms with Crippen LogP contribution in [0.15, 0.2) is 127 Å². The molecule has 3 heterocycles. The van der Waals surface area contributed by atoms with Crippen LogP contribution in [0.5, 0.6) is 0 Å². The summed E-state index contributed by atoms with van der Waals surface area (Å²) in [5, 5.41) is 7.62. The lowest BCUT2D eigenvalue weighted by molar-refractivity contribution is 1.18. The van der Waals surface area contributed by atoms with Crippen molar-refractivity contribution in [3.63, 3.8) is 0 Å². The first-order valence-corrected chi connectivity index (χ1v) is 14.0. The summed E-state index contributed by atoms with van der Waals surface area (Å²) in [6, 6.07) is 43.9. The zero-order chi connectivity index (χ0) is 25.5. The molecule has 0 bridgehead atoms. The molecule has 9 rings (SSSR count). The van der Waals surface area contributed by atoms with Crippen LogP contribution < -0.4 is 0 Å². The highest BCUT2D eigenvalue weighted by molar-refractivity contribution is 7.17. The Balaban J connectivity index is 1.61. The third-order valence-electron chi connectivity index (χ3n) is 8.04. The summed E-state index contributed by atoms with van der Waals surface area (Å²) in [7, 11) is 0. The van der Waals surface area contributed by atoms with Gasteiger partial charge in [0.1, 0.15) is 0 Å². The zero-order valence-electron chi connectivity index (χ0n) is 20.9. The third kappa shape index (κ3) is 2.78. The van der Waals surface area contributed by atoms with Crippen molar-refractivity contribution in [2.75, 3.05) is 0 Å². The van der Waals surface area contributed by atoms with Gasteiger partial charge in [-0.05, 0) is 53.2 Å². The molecule has 0 saturated carbocycles. The first kappa shape index (κ1) is 21.1. The molecule has 0 radical (unpaired) electrons. The van der Waals surface area contributed by atoms with Crippen molar-refractivity contribution in [2.45, 2.75) is 0 Å². The van der Waals surface area contributed by atoms with Gasteiger partial charge < -0.3 is 9.13 Å². The summed E-state index contributed by atoms with van der Waals surface area (Å²) in [6.07, 6.45) is 0. The predicted molar refractivity (Wildman–Crippen MR) is 166 cm³/mol. The highest BCUT2D eigenvalue weighted by atomic mass is 32.1. The van der Waals surface area contributed by atoms with Crippen LogP contribution in [0.2, 0.25) is 0 Å². The molecule has 3 nitrogen and oxygen atoms in total. The first-order chi connectivity index (χ1) is 19.4. The Morgan fingerprint density at radius 3 is 2.21 bits per heavy atom. The molecule has 0 atom stereocenters. The van der Waals surface area contributed by atoms with Crippen molar-refractivity contribution in [3.05, 3.63) is 127 Å². The Bertz CT molecular complexity index is 2390. The van der Waals surface area contributed by atoms with E-state index in [0.29, 0.717) is 0 Å². The Labute approximate surface area is 227 Å². The van der Waals surface area contributed by atoms with Gasteiger partial charge in [-0.1, -0.05) is 78.9 Å². The number of thiazole rings is 1. The van der Waals surface area contributed by atoms with Gasteiger partial charge in [0.05, 0.1) is 43.5 Å². The van der Waals surface area contributed by atoms with E-state index in [9.17, 15) is 0 Å². The molecule has 3 aromatic heterocycles. The number of hydrogen-bond acceptors (Lipinski definition) is 2. The average molecular weight is 516 g/mol. The second-order valence-corrected chi connectivity index (χ2v) is 10.9. The summed E-state index contributed by atoms with van der Waals surface area (Å²) in [5.74, 6) is 0. The second-order valence-electron chi connectivity index (χ2n) is 10.0. The normalized spacial score (nSPS) is 12.1. The van der Waals surface area contributed by atoms with Gasteiger partial charge >= 0.3 is 0 Å². The van der Waals surface area contributed by atoms with E-state index in [1.54, 1.807) is 11.3 Å². The largest absolute Gasteiger partial charge is 0.309 e. The Morgan fingerprint density at radius 1 is 0.513 bits per heavy atom. The van der Waals surface area contributed by atoms with Crippen molar-refractivity contribution in [2.24, 2.45) is 0 Å². The molecule has 182 valence electrons. The number of benzene rings is 6. The monoisotopic (exact) mass is 515 g/mol. The number of rotatable bonds is 2. The topological polar surface area (TPSA) is 22.8 Å². The first-order valence-electron chi connectivity index (χ1n) is 13.1. The molecule has 0 saturated heterocycles. The van der Waals surface area contributed by atoms with Crippen molar-refractivity contribution in [1.29, 1.82) is 0 Å². The summed E-state index contributed by atoms with van der Waals surface area (Å²) in [4.78, 5) is 4.65. The lowest BCUT2D eigenvalue weighted by atomic mass is 10.0. The van der Waals surface area contributed by atoms with Gasteiger partial charge in [0.15, 0.2) is 0 Å². The minimum Gasteiger partial charge on any atom is -0.309 e. The molecule has 0 unspecified atom stereocenters. The molecule has 0 N–H and O–H groups in total. The molecule has 0 fully saturated rings. The van der Waals surface area contributed by atoms with Crippen molar-refractivity contribution < 1.29 is 0 Å². The van der Waals surface area contributed by atoms with Gasteiger partial charge in [-0.25, -0.2) is 4.98 Å². The smallest absolute Gasteiger partial charge is 0.0833 e. The third-order valence-corrected chi connectivity index (χ3v) is 8.91. The standard InChI is InChI=1S/C35H21N3S/c1-2-10-23(11-3-1)37-29-19-17-22-9-4-5-12-24(22)32(29)33-30(37)20-18-26-25-13-6-7-15-28(25)38(34(26)33)31-16-8-14-27-35(31)39-21-36-27/h1-21H. The van der Waals surface area contributed by atoms with Crippen molar-refractivity contribution in [3.8, 4) is 11.4 Å². The lowest BCUT2D eigenvalue weighted by Gasteiger charge is -2.11. The van der Waals surface area contributed by atoms with Crippen LogP contribution in [-0.4, -0.2) is 14.1 Å². The maximum absolute atomic E-state index is 4.65. The minimum atomic E-state index is 1.03. The molecule has 0 aliphatic carbocycles. The van der Waals surface area contributed by atoms with Gasteiger partial charge in [0.2, 0.25) is 0 Å². The summed E-state index contributed by atoms with van der Waals surface area (Å²) in [6.45, 7) is 0. The van der Waals surface area contributed by atoms with Crippen LogP contribution in [0.3, 0.4) is 0 Å². The van der Waals surface area contributed by atoms with Gasteiger partial charge in [-0.3, -0.25) is 0 Å². The fourth-order valence-corrected chi connectivity index (χ4v) is 7.26. The number of aromatic nitrogens is 3. The molecule has 39 heavy (non-hydrogen) atoms. The SMILES string of the molecule is c1ccc(-n2c3ccc4ccccc4c3c3c2ccc2c4ccccc4n(-c4cccc5ncsc45)c23)cc1. The molecule has 9 aromatic rings. The van der Waals surface area contributed by atoms with Gasteiger partial charge in [0.25, 0.3) is 0 Å². The Morgan fingerprint density at radius 2 is 1.28 bits per heavy atom. The van der Waals surface area contributed by atoms with E-state index in [1.807, 2.05) is 5.51 Å². The van der Waals surface area contributed by atoms with E-state index in [2.05, 4.69) is 135 Å². The van der Waals surface area contributed by atoms with E-state index < -0.39 is 0 Å². The number of fused-ring (bicyclic) bond motifs is 10. The maximum Gasteiger partial charge on any atom is 0.0833 e. The predicted octanol–water partition coefficient (Wildman–Crippen LogP) is 9.64. The molecule has 0 aliphatic rings. The average Bonchev–Trinajstić information content (AvgIpc) is 3.70. The van der Waals surface area contributed by atoms with Crippen LogP contribution in [0.25, 0.3) is 76.0 Å². The lowest BCUT2D eigenvalue weighted by Crippen LogP contribution is -1.95. The fraction of sp³-hybridized carbons (Fsp3) is 0. The van der Waals surface area contributed by atoms with Gasteiger partial charge in [-0.2, -0.15) is 0 Å². The molecular formula is C35H21N3S. The highest BCUT2D eigenvalue weighted by Crippen LogP contribution is 2.44. The van der Waals surface area contributed by atoms with Crippen LogP contribution >= 0.6 is 11.3 Å². The number of hydrogen-bond donors (Lipinski definition) is 0. The second kappa shape index (κ2) is 7.79. The maximum atomic E-state index is 4.65. The molecule has 0 aliphatic heterocycles. The van der Waals surface area contributed by atoms with E-state index in [-0.39, 0.29) is 0 Å². The van der Waals surface area contributed by atoms with Crippen LogP contribution in [0, 0.1) is 0 Å². The molecule has 4 heteroatoms. The Kier molecular flexibility index (Phi) is 4.21. The zero-order valence-corrected chi connectivity index (χ0v) is 21.7. The molecule has 0 spiro atoms. The van der Waals surface area contributed by atoms with Gasteiger partial charge in [0, 0.05) is 27.2 Å². The van der Waals surface area contributed by atoms with E-state index >= 15 is 0 Å². The van der Waals surface area contributed by atoms with Gasteiger partial charge in [-0.15, -0.1) is 11.3 Å². The Hall–Kier alpha value is -4.93. The van der Waals surface area contributed by atoms with E-state index in [0.717, 1.165) is 5.52 Å². The van der Waals surface area contributed by atoms with E-state index in [4.69, 9.17) is 0 Å². The molecular weight excluding hydrogens is 494 g/mol. The molecule has 6 aromatic carbocycles. The summed E-state index contributed by atoms with van der Waals surface area (Å²) >= 11 is 1.71. The fourth-order valence-electron chi connectivity index (χ4n) is 6.47. The number of nitrogens with zero attached hydrogens (tertiary/aromatic N) is 3. The van der Waals surface area contributed by atoms with Crippen LogP contribution in [0.1, 0.15) is 0 Å². The van der Waals surface area contributed by atoms with Crippen LogP contribution in [-0.2, 0) is 0 Å². The van der Waals surface area contributed by atoms with Crippen molar-refractivity contribution in [1.82, 2.24) is 14.1 Å². The summed E-state index contributed by atoms with van der Waals surface area (Å²) in [5.41, 5.74) is 10.2. The molecule has 0 amide bonds. The highest BCUT2D eigenvalue weighted by Gasteiger charge is 2.22. The van der Waals surface area contributed by atoms with Crippen LogP contribution in [0.4, 0.5) is 0 Å². The van der Waals surface area contributed by atoms with Crippen molar-refractivity contribution >= 4 is 75.9 Å².